The molecule has 7 nitrogen and oxygen atoms in total. The second-order valence-corrected chi connectivity index (χ2v) is 8.71. The molecule has 9 heteroatoms. The first-order chi connectivity index (χ1) is 13.3. The molecule has 2 aromatic carbocycles. The summed E-state index contributed by atoms with van der Waals surface area (Å²) in [6.45, 7) is 2.98. The minimum absolute atomic E-state index is 0. The van der Waals surface area contributed by atoms with Gasteiger partial charge in [0, 0.05) is 32.2 Å². The molecule has 1 aliphatic heterocycles. The van der Waals surface area contributed by atoms with Crippen LogP contribution in [-0.2, 0) is 14.8 Å². The Labute approximate surface area is 178 Å². The van der Waals surface area contributed by atoms with Crippen LogP contribution in [0.25, 0.3) is 0 Å². The number of hydrogen-bond acceptors (Lipinski definition) is 5. The van der Waals surface area contributed by atoms with Gasteiger partial charge in [0.1, 0.15) is 10.6 Å². The van der Waals surface area contributed by atoms with E-state index in [9.17, 15) is 13.2 Å². The van der Waals surface area contributed by atoms with E-state index in [2.05, 4.69) is 10.2 Å². The van der Waals surface area contributed by atoms with Crippen LogP contribution < -0.4 is 10.1 Å². The molecule has 1 N–H and O–H groups in total. The Balaban J connectivity index is 0.00000300. The highest BCUT2D eigenvalue weighted by Gasteiger charge is 2.37. The number of nitrogens with zero attached hydrogens (tertiary/aromatic N) is 2. The fourth-order valence-electron chi connectivity index (χ4n) is 3.42. The van der Waals surface area contributed by atoms with Crippen molar-refractivity contribution in [2.24, 2.45) is 0 Å². The number of ether oxygens (including phenoxy) is 1. The first-order valence-corrected chi connectivity index (χ1v) is 10.5. The summed E-state index contributed by atoms with van der Waals surface area (Å²) in [5.74, 6) is -0.0184. The third-order valence-corrected chi connectivity index (χ3v) is 6.72. The van der Waals surface area contributed by atoms with Crippen molar-refractivity contribution >= 4 is 34.0 Å². The summed E-state index contributed by atoms with van der Waals surface area (Å²) >= 11 is 0. The average molecular weight is 440 g/mol. The molecule has 158 valence electrons. The predicted octanol–water partition coefficient (Wildman–Crippen LogP) is 2.75. The zero-order chi connectivity index (χ0) is 20.3. The molecule has 1 unspecified atom stereocenters. The normalized spacial score (nSPS) is 18.0. The molecule has 2 aromatic rings. The molecular weight excluding hydrogens is 414 g/mol. The second kappa shape index (κ2) is 9.58. The van der Waals surface area contributed by atoms with Crippen LogP contribution >= 0.6 is 12.4 Å². The van der Waals surface area contributed by atoms with Crippen LogP contribution in [0.2, 0.25) is 0 Å². The van der Waals surface area contributed by atoms with Crippen LogP contribution in [0.15, 0.2) is 53.4 Å². The molecule has 0 bridgehead atoms. The lowest BCUT2D eigenvalue weighted by molar-refractivity contribution is -0.114. The molecule has 0 saturated carbocycles. The van der Waals surface area contributed by atoms with E-state index in [-0.39, 0.29) is 35.0 Å². The number of anilines is 1. The lowest BCUT2D eigenvalue weighted by atomic mass is 10.1. The van der Waals surface area contributed by atoms with Gasteiger partial charge in [0.15, 0.2) is 0 Å². The lowest BCUT2D eigenvalue weighted by Gasteiger charge is -2.39. The Kier molecular flexibility index (Phi) is 7.65. The summed E-state index contributed by atoms with van der Waals surface area (Å²) in [6, 6.07) is 13.9. The van der Waals surface area contributed by atoms with Crippen molar-refractivity contribution in [3.63, 3.8) is 0 Å². The Morgan fingerprint density at radius 1 is 1.14 bits per heavy atom. The molecule has 0 spiro atoms. The third kappa shape index (κ3) is 5.08. The van der Waals surface area contributed by atoms with E-state index in [4.69, 9.17) is 4.74 Å². The van der Waals surface area contributed by atoms with Crippen LogP contribution in [0.4, 0.5) is 5.69 Å². The molecule has 0 aliphatic carbocycles. The van der Waals surface area contributed by atoms with Crippen molar-refractivity contribution in [2.75, 3.05) is 39.1 Å². The number of piperazine rings is 1. The van der Waals surface area contributed by atoms with Crippen molar-refractivity contribution in [2.45, 2.75) is 17.9 Å². The molecule has 29 heavy (non-hydrogen) atoms. The zero-order valence-electron chi connectivity index (χ0n) is 16.7. The van der Waals surface area contributed by atoms with Crippen molar-refractivity contribution < 1.29 is 17.9 Å². The highest BCUT2D eigenvalue weighted by Crippen LogP contribution is 2.35. The zero-order valence-corrected chi connectivity index (χ0v) is 18.3. The summed E-state index contributed by atoms with van der Waals surface area (Å²) in [5.41, 5.74) is 1.35. The van der Waals surface area contributed by atoms with Gasteiger partial charge in [-0.05, 0) is 30.8 Å². The molecular formula is C20H26ClN3O4S. The Morgan fingerprint density at radius 3 is 2.45 bits per heavy atom. The van der Waals surface area contributed by atoms with Crippen molar-refractivity contribution in [1.29, 1.82) is 0 Å². The molecule has 1 saturated heterocycles. The van der Waals surface area contributed by atoms with E-state index < -0.39 is 10.0 Å². The number of amides is 1. The molecule has 0 radical (unpaired) electrons. The van der Waals surface area contributed by atoms with Crippen LogP contribution in [0.3, 0.4) is 0 Å². The van der Waals surface area contributed by atoms with E-state index in [0.717, 1.165) is 5.56 Å². The standard InChI is InChI=1S/C20H25N3O4S.ClH/c1-15(24)21-17-9-10-19(27-3)20(13-17)28(25,26)23-12-11-22(2)14-18(23)16-7-5-4-6-8-16;/h4-10,13,18H,11-12,14H2,1-3H3,(H,21,24);1H. The number of sulfonamides is 1. The number of hydrogen-bond donors (Lipinski definition) is 1. The third-order valence-electron chi connectivity index (χ3n) is 4.79. The number of rotatable bonds is 5. The van der Waals surface area contributed by atoms with Crippen molar-refractivity contribution in [3.05, 3.63) is 54.1 Å². The Hall–Kier alpha value is -2.13. The number of benzene rings is 2. The van der Waals surface area contributed by atoms with Crippen LogP contribution in [0, 0.1) is 0 Å². The molecule has 1 atom stereocenters. The quantitative estimate of drug-likeness (QED) is 0.774. The molecule has 1 aliphatic rings. The summed E-state index contributed by atoms with van der Waals surface area (Å²) < 4.78 is 34.1. The minimum Gasteiger partial charge on any atom is -0.495 e. The van der Waals surface area contributed by atoms with Crippen LogP contribution in [-0.4, -0.2) is 57.3 Å². The maximum absolute atomic E-state index is 13.6. The summed E-state index contributed by atoms with van der Waals surface area (Å²) in [5, 5.41) is 2.64. The minimum atomic E-state index is -3.85. The molecule has 3 rings (SSSR count). The SMILES string of the molecule is COc1ccc(NC(C)=O)cc1S(=O)(=O)N1CCN(C)CC1c1ccccc1.Cl. The van der Waals surface area contributed by atoms with Gasteiger partial charge in [-0.1, -0.05) is 30.3 Å². The predicted molar refractivity (Wildman–Crippen MR) is 115 cm³/mol. The largest absolute Gasteiger partial charge is 0.495 e. The number of likely N-dealkylation sites (N-methyl/N-ethyl adjacent to an activating group) is 1. The van der Waals surface area contributed by atoms with Gasteiger partial charge >= 0.3 is 0 Å². The average Bonchev–Trinajstić information content (AvgIpc) is 2.68. The van der Waals surface area contributed by atoms with Crippen LogP contribution in [0.5, 0.6) is 5.75 Å². The molecule has 0 aromatic heterocycles. The van der Waals surface area contributed by atoms with Gasteiger partial charge in [-0.25, -0.2) is 8.42 Å². The summed E-state index contributed by atoms with van der Waals surface area (Å²) in [4.78, 5) is 13.6. The Morgan fingerprint density at radius 2 is 1.83 bits per heavy atom. The number of carbonyl (C=O) groups is 1. The lowest BCUT2D eigenvalue weighted by Crippen LogP contribution is -2.49. The van der Waals surface area contributed by atoms with Gasteiger partial charge < -0.3 is 15.0 Å². The van der Waals surface area contributed by atoms with E-state index in [0.29, 0.717) is 25.3 Å². The maximum atomic E-state index is 13.6. The van der Waals surface area contributed by atoms with E-state index >= 15 is 0 Å². The van der Waals surface area contributed by atoms with Crippen molar-refractivity contribution in [3.8, 4) is 5.75 Å². The smallest absolute Gasteiger partial charge is 0.247 e. The van der Waals surface area contributed by atoms with Gasteiger partial charge in [-0.15, -0.1) is 12.4 Å². The summed E-state index contributed by atoms with van der Waals surface area (Å²) in [6.07, 6.45) is 0. The van der Waals surface area contributed by atoms with E-state index in [1.807, 2.05) is 37.4 Å². The van der Waals surface area contributed by atoms with Gasteiger partial charge in [0.05, 0.1) is 13.2 Å². The summed E-state index contributed by atoms with van der Waals surface area (Å²) in [7, 11) is -0.434. The molecule has 1 amide bonds. The van der Waals surface area contributed by atoms with Gasteiger partial charge in [-0.3, -0.25) is 4.79 Å². The number of carbonyl (C=O) groups excluding carboxylic acids is 1. The number of nitrogens with one attached hydrogen (secondary N) is 1. The topological polar surface area (TPSA) is 78.9 Å². The van der Waals surface area contributed by atoms with Gasteiger partial charge in [0.2, 0.25) is 15.9 Å². The van der Waals surface area contributed by atoms with Gasteiger partial charge in [0.25, 0.3) is 0 Å². The monoisotopic (exact) mass is 439 g/mol. The Bertz CT molecular complexity index is 953. The fourth-order valence-corrected chi connectivity index (χ4v) is 5.20. The van der Waals surface area contributed by atoms with Crippen LogP contribution in [0.1, 0.15) is 18.5 Å². The maximum Gasteiger partial charge on any atom is 0.247 e. The van der Waals surface area contributed by atoms with Crippen molar-refractivity contribution in [1.82, 2.24) is 9.21 Å². The second-order valence-electron chi connectivity index (χ2n) is 6.85. The highest BCUT2D eigenvalue weighted by atomic mass is 35.5. The fraction of sp³-hybridized carbons (Fsp3) is 0.350. The first-order valence-electron chi connectivity index (χ1n) is 9.04. The van der Waals surface area contributed by atoms with Gasteiger partial charge in [-0.2, -0.15) is 4.31 Å². The highest BCUT2D eigenvalue weighted by molar-refractivity contribution is 7.89. The number of methoxy groups -OCH3 is 1. The molecule has 1 heterocycles. The van der Waals surface area contributed by atoms with E-state index in [1.54, 1.807) is 12.1 Å². The molecule has 1 fully saturated rings. The number of halogens is 1. The first kappa shape index (κ1) is 23.2. The van der Waals surface area contributed by atoms with E-state index in [1.165, 1.54) is 24.4 Å².